The normalized spacial score (nSPS) is 13.9. The summed E-state index contributed by atoms with van der Waals surface area (Å²) in [6.07, 6.45) is -1.46. The van der Waals surface area contributed by atoms with Gasteiger partial charge in [0.25, 0.3) is 0 Å². The Morgan fingerprint density at radius 1 is 0.667 bits per heavy atom. The number of carbonyl (C=O) groups is 7. The first-order valence-electron chi connectivity index (χ1n) is 11.1. The van der Waals surface area contributed by atoms with Crippen molar-refractivity contribution in [1.82, 2.24) is 16.0 Å². The molecule has 16 heteroatoms. The summed E-state index contributed by atoms with van der Waals surface area (Å²) in [4.78, 5) is 82.0. The summed E-state index contributed by atoms with van der Waals surface area (Å²) < 4.78 is 0. The Morgan fingerprint density at radius 2 is 1.17 bits per heavy atom. The predicted octanol–water partition coefficient (Wildman–Crippen LogP) is -3.41. The van der Waals surface area contributed by atoms with Crippen molar-refractivity contribution in [3.63, 3.8) is 0 Å². The van der Waals surface area contributed by atoms with Crippen LogP contribution in [0.5, 0.6) is 0 Å². The van der Waals surface area contributed by atoms with Gasteiger partial charge in [0.2, 0.25) is 23.6 Å². The highest BCUT2D eigenvalue weighted by Gasteiger charge is 2.30. The Morgan fingerprint density at radius 3 is 1.64 bits per heavy atom. The van der Waals surface area contributed by atoms with Crippen molar-refractivity contribution in [2.75, 3.05) is 6.54 Å². The lowest BCUT2D eigenvalue weighted by Gasteiger charge is -2.25. The van der Waals surface area contributed by atoms with Crippen LogP contribution in [-0.4, -0.2) is 87.6 Å². The third-order valence-electron chi connectivity index (χ3n) is 4.89. The first-order chi connectivity index (χ1) is 16.8. The molecule has 204 valence electrons. The second kappa shape index (κ2) is 16.8. The monoisotopic (exact) mass is 518 g/mol. The van der Waals surface area contributed by atoms with E-state index in [0.717, 1.165) is 0 Å². The number of rotatable bonds is 19. The van der Waals surface area contributed by atoms with E-state index in [0.29, 0.717) is 12.8 Å². The van der Waals surface area contributed by atoms with Gasteiger partial charge in [0, 0.05) is 12.8 Å². The van der Waals surface area contributed by atoms with Gasteiger partial charge in [0.1, 0.15) is 18.1 Å². The molecule has 0 spiro atoms. The maximum Gasteiger partial charge on any atom is 0.326 e. The van der Waals surface area contributed by atoms with E-state index in [2.05, 4.69) is 16.0 Å². The molecule has 0 aliphatic carbocycles. The maximum atomic E-state index is 12.9. The first-order valence-corrected chi connectivity index (χ1v) is 11.1. The molecular formula is C20H34N6O10. The van der Waals surface area contributed by atoms with Crippen LogP contribution in [0.2, 0.25) is 0 Å². The molecule has 0 aromatic carbocycles. The van der Waals surface area contributed by atoms with Gasteiger partial charge < -0.3 is 48.5 Å². The quantitative estimate of drug-likeness (QED) is 0.0755. The molecule has 0 saturated heterocycles. The summed E-state index contributed by atoms with van der Waals surface area (Å²) in [5.74, 6) is -7.77. The van der Waals surface area contributed by atoms with Crippen molar-refractivity contribution in [3.05, 3.63) is 0 Å². The molecule has 0 heterocycles. The largest absolute Gasteiger partial charge is 0.481 e. The van der Waals surface area contributed by atoms with E-state index in [4.69, 9.17) is 27.4 Å². The number of carboxylic acid groups (broad SMARTS) is 3. The van der Waals surface area contributed by atoms with Crippen molar-refractivity contribution in [2.24, 2.45) is 17.2 Å². The van der Waals surface area contributed by atoms with Crippen molar-refractivity contribution in [3.8, 4) is 0 Å². The minimum atomic E-state index is -1.59. The molecule has 4 amide bonds. The maximum absolute atomic E-state index is 12.9. The lowest BCUT2D eigenvalue weighted by atomic mass is 10.0. The van der Waals surface area contributed by atoms with E-state index in [1.807, 2.05) is 0 Å². The summed E-state index contributed by atoms with van der Waals surface area (Å²) in [5.41, 5.74) is 16.1. The van der Waals surface area contributed by atoms with Crippen molar-refractivity contribution >= 4 is 41.5 Å². The zero-order valence-electron chi connectivity index (χ0n) is 19.6. The van der Waals surface area contributed by atoms with Gasteiger partial charge in [0.15, 0.2) is 0 Å². The molecule has 16 nitrogen and oxygen atoms in total. The fraction of sp³-hybridized carbons (Fsp3) is 0.650. The van der Waals surface area contributed by atoms with E-state index in [9.17, 15) is 38.7 Å². The van der Waals surface area contributed by atoms with Crippen LogP contribution in [0.3, 0.4) is 0 Å². The summed E-state index contributed by atoms with van der Waals surface area (Å²) in [5, 5.41) is 33.6. The van der Waals surface area contributed by atoms with Crippen LogP contribution in [0.15, 0.2) is 0 Å². The van der Waals surface area contributed by atoms with E-state index in [-0.39, 0.29) is 25.8 Å². The van der Waals surface area contributed by atoms with Crippen LogP contribution in [0.1, 0.15) is 51.4 Å². The van der Waals surface area contributed by atoms with Crippen LogP contribution in [-0.2, 0) is 33.6 Å². The molecule has 0 aromatic heterocycles. The standard InChI is InChI=1S/C20H34N6O10/c21-8-2-1-3-11(24-17(32)10(22)9-16(30)31)18(33)25-12(4-6-14(23)27)19(34)26-13(20(35)36)5-7-15(28)29/h10-13H,1-9,21-22H2,(H2,23,27)(H,24,32)(H,25,33)(H,26,34)(H,28,29)(H,30,31)(H,35,36). The molecule has 0 bridgehead atoms. The van der Waals surface area contributed by atoms with E-state index in [1.54, 1.807) is 0 Å². The zero-order chi connectivity index (χ0) is 27.8. The van der Waals surface area contributed by atoms with Crippen LogP contribution in [0.4, 0.5) is 0 Å². The molecule has 0 fully saturated rings. The molecule has 36 heavy (non-hydrogen) atoms. The van der Waals surface area contributed by atoms with E-state index in [1.165, 1.54) is 0 Å². The molecular weight excluding hydrogens is 484 g/mol. The van der Waals surface area contributed by atoms with Gasteiger partial charge >= 0.3 is 17.9 Å². The molecule has 0 aliphatic heterocycles. The number of nitrogens with one attached hydrogen (secondary N) is 3. The van der Waals surface area contributed by atoms with Gasteiger partial charge in [-0.05, 0) is 38.6 Å². The number of nitrogens with two attached hydrogens (primary N) is 3. The Hall–Kier alpha value is -3.79. The number of hydrogen-bond donors (Lipinski definition) is 9. The van der Waals surface area contributed by atoms with Crippen molar-refractivity contribution < 1.29 is 48.9 Å². The second-order valence-electron chi connectivity index (χ2n) is 7.95. The van der Waals surface area contributed by atoms with Crippen LogP contribution < -0.4 is 33.2 Å². The molecule has 0 aliphatic rings. The minimum absolute atomic E-state index is 0.0507. The Kier molecular flexibility index (Phi) is 15.0. The molecule has 0 saturated carbocycles. The second-order valence-corrected chi connectivity index (χ2v) is 7.95. The first kappa shape index (κ1) is 32.2. The number of hydrogen-bond acceptors (Lipinski definition) is 9. The topological polar surface area (TPSA) is 294 Å². The number of unbranched alkanes of at least 4 members (excludes halogenated alkanes) is 1. The van der Waals surface area contributed by atoms with E-state index >= 15 is 0 Å². The van der Waals surface area contributed by atoms with Crippen LogP contribution in [0.25, 0.3) is 0 Å². The number of primary amides is 1. The molecule has 4 atom stereocenters. The predicted molar refractivity (Wildman–Crippen MR) is 122 cm³/mol. The molecule has 4 unspecified atom stereocenters. The Balaban J connectivity index is 5.60. The summed E-state index contributed by atoms with van der Waals surface area (Å²) >= 11 is 0. The third kappa shape index (κ3) is 13.8. The fourth-order valence-electron chi connectivity index (χ4n) is 2.95. The Bertz CT molecular complexity index is 821. The molecule has 12 N–H and O–H groups in total. The van der Waals surface area contributed by atoms with Crippen LogP contribution >= 0.6 is 0 Å². The molecule has 0 radical (unpaired) electrons. The van der Waals surface area contributed by atoms with Gasteiger partial charge in [-0.15, -0.1) is 0 Å². The van der Waals surface area contributed by atoms with Crippen molar-refractivity contribution in [1.29, 1.82) is 0 Å². The van der Waals surface area contributed by atoms with Gasteiger partial charge in [-0.25, -0.2) is 4.79 Å². The zero-order valence-corrected chi connectivity index (χ0v) is 19.6. The smallest absolute Gasteiger partial charge is 0.326 e. The number of carbonyl (C=O) groups excluding carboxylic acids is 4. The number of aliphatic carboxylic acids is 3. The lowest BCUT2D eigenvalue weighted by Crippen LogP contribution is -2.57. The lowest BCUT2D eigenvalue weighted by molar-refractivity contribution is -0.143. The number of amides is 4. The van der Waals surface area contributed by atoms with Gasteiger partial charge in [-0.3, -0.25) is 28.8 Å². The SMILES string of the molecule is NCCCCC(NC(=O)C(N)CC(=O)O)C(=O)NC(CCC(N)=O)C(=O)NC(CCC(=O)O)C(=O)O. The fourth-order valence-corrected chi connectivity index (χ4v) is 2.95. The highest BCUT2D eigenvalue weighted by atomic mass is 16.4. The average molecular weight is 519 g/mol. The van der Waals surface area contributed by atoms with Gasteiger partial charge in [-0.2, -0.15) is 0 Å². The highest BCUT2D eigenvalue weighted by Crippen LogP contribution is 2.06. The summed E-state index contributed by atoms with van der Waals surface area (Å²) in [6.45, 7) is 0.289. The van der Waals surface area contributed by atoms with Gasteiger partial charge in [0.05, 0.1) is 12.5 Å². The Labute approximate surface area is 206 Å². The summed E-state index contributed by atoms with van der Waals surface area (Å²) in [7, 11) is 0. The van der Waals surface area contributed by atoms with E-state index < -0.39 is 85.0 Å². The highest BCUT2D eigenvalue weighted by molar-refractivity contribution is 5.95. The number of carboxylic acids is 3. The minimum Gasteiger partial charge on any atom is -0.481 e. The van der Waals surface area contributed by atoms with Crippen LogP contribution in [0, 0.1) is 0 Å². The van der Waals surface area contributed by atoms with Gasteiger partial charge in [-0.1, -0.05) is 0 Å². The van der Waals surface area contributed by atoms with Crippen molar-refractivity contribution in [2.45, 2.75) is 75.5 Å². The molecule has 0 rings (SSSR count). The third-order valence-corrected chi connectivity index (χ3v) is 4.89. The molecule has 0 aromatic rings. The average Bonchev–Trinajstić information content (AvgIpc) is 2.77. The summed E-state index contributed by atoms with van der Waals surface area (Å²) in [6, 6.07) is -5.75.